The molecule has 0 radical (unpaired) electrons. The highest BCUT2D eigenvalue weighted by Crippen LogP contribution is 2.38. The van der Waals surface area contributed by atoms with E-state index >= 15 is 0 Å². The Morgan fingerprint density at radius 3 is 2.70 bits per heavy atom. The van der Waals surface area contributed by atoms with Crippen molar-refractivity contribution in [2.75, 3.05) is 0 Å². The summed E-state index contributed by atoms with van der Waals surface area (Å²) < 4.78 is 5.43. The summed E-state index contributed by atoms with van der Waals surface area (Å²) in [6, 6.07) is 3.61. The Balaban J connectivity index is 1.68. The molecule has 1 saturated heterocycles. The van der Waals surface area contributed by atoms with E-state index in [1.807, 2.05) is 6.07 Å². The van der Waals surface area contributed by atoms with Crippen LogP contribution in [0.5, 0.6) is 0 Å². The average molecular weight is 273 g/mol. The molecular formula is C14H13N2O4-. The van der Waals surface area contributed by atoms with Crippen molar-refractivity contribution in [3.63, 3.8) is 0 Å². The van der Waals surface area contributed by atoms with Crippen LogP contribution in [0.25, 0.3) is 0 Å². The lowest BCUT2D eigenvalue weighted by Crippen LogP contribution is -2.46. The van der Waals surface area contributed by atoms with Gasteiger partial charge in [-0.3, -0.25) is 9.78 Å². The normalized spacial score (nSPS) is 30.4. The highest BCUT2D eigenvalue weighted by molar-refractivity contribution is 5.86. The first kappa shape index (κ1) is 12.8. The van der Waals surface area contributed by atoms with Crippen LogP contribution in [0.3, 0.4) is 0 Å². The summed E-state index contributed by atoms with van der Waals surface area (Å²) in [4.78, 5) is 27.3. The van der Waals surface area contributed by atoms with E-state index in [0.29, 0.717) is 6.54 Å². The molecule has 6 nitrogen and oxygen atoms in total. The fourth-order valence-corrected chi connectivity index (χ4v) is 2.71. The largest absolute Gasteiger partial charge is 0.550 e. The van der Waals surface area contributed by atoms with E-state index in [9.17, 15) is 14.7 Å². The molecule has 0 aliphatic carbocycles. The van der Waals surface area contributed by atoms with Crippen molar-refractivity contribution < 1.29 is 19.4 Å². The zero-order valence-electron chi connectivity index (χ0n) is 10.6. The minimum atomic E-state index is -1.25. The second kappa shape index (κ2) is 5.05. The number of carbonyl (C=O) groups excluding carboxylic acids is 2. The molecule has 1 amide bonds. The Morgan fingerprint density at radius 2 is 2.05 bits per heavy atom. The smallest absolute Gasteiger partial charge is 0.227 e. The van der Waals surface area contributed by atoms with Crippen molar-refractivity contribution in [3.05, 3.63) is 42.2 Å². The molecule has 20 heavy (non-hydrogen) atoms. The molecule has 0 spiro atoms. The van der Waals surface area contributed by atoms with Crippen molar-refractivity contribution in [1.82, 2.24) is 10.3 Å². The number of fused-ring (bicyclic) bond motifs is 2. The van der Waals surface area contributed by atoms with E-state index in [0.717, 1.165) is 5.56 Å². The van der Waals surface area contributed by atoms with Gasteiger partial charge in [0.05, 0.1) is 18.1 Å². The highest BCUT2D eigenvalue weighted by Gasteiger charge is 2.50. The summed E-state index contributed by atoms with van der Waals surface area (Å²) >= 11 is 0. The number of hydrogen-bond donors (Lipinski definition) is 1. The summed E-state index contributed by atoms with van der Waals surface area (Å²) in [5.74, 6) is -3.23. The molecule has 2 aliphatic rings. The number of hydrogen-bond acceptors (Lipinski definition) is 5. The summed E-state index contributed by atoms with van der Waals surface area (Å²) in [5, 5.41) is 13.9. The first-order valence-electron chi connectivity index (χ1n) is 6.38. The van der Waals surface area contributed by atoms with Crippen molar-refractivity contribution >= 4 is 11.9 Å². The molecule has 0 unspecified atom stereocenters. The van der Waals surface area contributed by atoms with Crippen LogP contribution in [0.4, 0.5) is 0 Å². The van der Waals surface area contributed by atoms with Crippen LogP contribution in [0.15, 0.2) is 36.7 Å². The molecule has 1 aromatic rings. The summed E-state index contributed by atoms with van der Waals surface area (Å²) in [6.45, 7) is 0.310. The number of aromatic nitrogens is 1. The Hall–Kier alpha value is -2.21. The first-order valence-corrected chi connectivity index (χ1v) is 6.38. The van der Waals surface area contributed by atoms with Crippen LogP contribution < -0.4 is 10.4 Å². The fourth-order valence-electron chi connectivity index (χ4n) is 2.71. The summed E-state index contributed by atoms with van der Waals surface area (Å²) in [6.07, 6.45) is 5.67. The summed E-state index contributed by atoms with van der Waals surface area (Å²) in [5.41, 5.74) is 0.852. The molecule has 2 bridgehead atoms. The van der Waals surface area contributed by atoms with Gasteiger partial charge in [-0.15, -0.1) is 0 Å². The van der Waals surface area contributed by atoms with Crippen LogP contribution in [0, 0.1) is 11.8 Å². The number of carboxylic acid groups (broad SMARTS) is 1. The third-order valence-corrected chi connectivity index (χ3v) is 3.66. The minimum absolute atomic E-state index is 0.310. The number of aliphatic carboxylic acids is 1. The van der Waals surface area contributed by atoms with E-state index in [1.165, 1.54) is 0 Å². The lowest BCUT2D eigenvalue weighted by Gasteiger charge is -2.24. The lowest BCUT2D eigenvalue weighted by atomic mass is 9.82. The number of amides is 1. The summed E-state index contributed by atoms with van der Waals surface area (Å²) in [7, 11) is 0. The average Bonchev–Trinajstić information content (AvgIpc) is 3.06. The lowest BCUT2D eigenvalue weighted by molar-refractivity contribution is -0.313. The van der Waals surface area contributed by atoms with Gasteiger partial charge in [0.1, 0.15) is 0 Å². The van der Waals surface area contributed by atoms with Crippen molar-refractivity contribution in [3.8, 4) is 0 Å². The third kappa shape index (κ3) is 2.18. The number of ether oxygens (including phenoxy) is 1. The number of carboxylic acids is 1. The van der Waals surface area contributed by atoms with Crippen molar-refractivity contribution in [2.45, 2.75) is 18.8 Å². The maximum atomic E-state index is 12.2. The molecule has 2 aliphatic heterocycles. The number of pyridine rings is 1. The van der Waals surface area contributed by atoms with Gasteiger partial charge < -0.3 is 20.0 Å². The van der Waals surface area contributed by atoms with Gasteiger partial charge in [0.25, 0.3) is 0 Å². The van der Waals surface area contributed by atoms with Crippen LogP contribution >= 0.6 is 0 Å². The monoisotopic (exact) mass is 273 g/mol. The second-order valence-corrected chi connectivity index (χ2v) is 4.90. The fraction of sp³-hybridized carbons (Fsp3) is 0.357. The predicted octanol–water partition coefficient (Wildman–Crippen LogP) is -0.983. The van der Waals surface area contributed by atoms with Crippen LogP contribution in [-0.4, -0.2) is 29.1 Å². The van der Waals surface area contributed by atoms with Gasteiger partial charge in [-0.25, -0.2) is 0 Å². The zero-order chi connectivity index (χ0) is 14.1. The second-order valence-electron chi connectivity index (χ2n) is 4.90. The van der Waals surface area contributed by atoms with Crippen molar-refractivity contribution in [1.29, 1.82) is 0 Å². The van der Waals surface area contributed by atoms with Gasteiger partial charge in [-0.05, 0) is 11.6 Å². The zero-order valence-corrected chi connectivity index (χ0v) is 10.6. The minimum Gasteiger partial charge on any atom is -0.550 e. The van der Waals surface area contributed by atoms with E-state index in [1.54, 1.807) is 30.6 Å². The standard InChI is InChI=1S/C14H14N2O4/c17-13(16-7-8-2-1-5-15-6-8)11-9-3-4-10(20-9)12(11)14(18)19/h1-6,9-12H,7H2,(H,16,17)(H,18,19)/p-1/t9-,10+,11+,12+/m1/s1. The predicted molar refractivity (Wildman–Crippen MR) is 65.9 cm³/mol. The van der Waals surface area contributed by atoms with Crippen molar-refractivity contribution in [2.24, 2.45) is 11.8 Å². The number of nitrogens with one attached hydrogen (secondary N) is 1. The van der Waals surface area contributed by atoms with E-state index in [4.69, 9.17) is 4.74 Å². The Morgan fingerprint density at radius 1 is 1.30 bits per heavy atom. The number of carbonyl (C=O) groups is 2. The molecule has 6 heteroatoms. The van der Waals surface area contributed by atoms with Gasteiger partial charge in [0.15, 0.2) is 0 Å². The first-order chi connectivity index (χ1) is 9.66. The molecule has 1 aromatic heterocycles. The highest BCUT2D eigenvalue weighted by atomic mass is 16.5. The van der Waals surface area contributed by atoms with Gasteiger partial charge in [0.2, 0.25) is 5.91 Å². The van der Waals surface area contributed by atoms with Gasteiger partial charge >= 0.3 is 0 Å². The van der Waals surface area contributed by atoms with E-state index in [-0.39, 0.29) is 5.91 Å². The topological polar surface area (TPSA) is 91.3 Å². The molecule has 1 fully saturated rings. The molecule has 0 aromatic carbocycles. The van der Waals surface area contributed by atoms with Gasteiger partial charge in [0, 0.05) is 30.8 Å². The maximum absolute atomic E-state index is 12.2. The SMILES string of the molecule is O=C([O-])[C@@H]1[C@@H](C(=O)NCc2cccnc2)[C@H]2C=C[C@@H]1O2. The molecular weight excluding hydrogens is 260 g/mol. The molecule has 4 atom stereocenters. The molecule has 1 N–H and O–H groups in total. The van der Waals surface area contributed by atoms with E-state index < -0.39 is 30.0 Å². The Labute approximate surface area is 115 Å². The van der Waals surface area contributed by atoms with Gasteiger partial charge in [-0.1, -0.05) is 18.2 Å². The number of rotatable bonds is 4. The van der Waals surface area contributed by atoms with Crippen LogP contribution in [-0.2, 0) is 20.9 Å². The molecule has 3 heterocycles. The maximum Gasteiger partial charge on any atom is 0.227 e. The van der Waals surface area contributed by atoms with Crippen LogP contribution in [0.2, 0.25) is 0 Å². The molecule has 3 rings (SSSR count). The van der Waals surface area contributed by atoms with E-state index in [2.05, 4.69) is 10.3 Å². The third-order valence-electron chi connectivity index (χ3n) is 3.66. The van der Waals surface area contributed by atoms with Crippen LogP contribution in [0.1, 0.15) is 5.56 Å². The van der Waals surface area contributed by atoms with Gasteiger partial charge in [-0.2, -0.15) is 0 Å². The quantitative estimate of drug-likeness (QED) is 0.712. The molecule has 0 saturated carbocycles. The Kier molecular flexibility index (Phi) is 3.23. The number of nitrogens with zero attached hydrogens (tertiary/aromatic N) is 1. The Bertz CT molecular complexity index is 558. The molecule has 104 valence electrons.